The summed E-state index contributed by atoms with van der Waals surface area (Å²) in [6, 6.07) is 1.69. The van der Waals surface area contributed by atoms with Crippen molar-refractivity contribution in [2.24, 2.45) is 0 Å². The van der Waals surface area contributed by atoms with Gasteiger partial charge in [0, 0.05) is 13.5 Å². The fraction of sp³-hybridized carbons (Fsp3) is 0.500. The molecule has 0 bridgehead atoms. The van der Waals surface area contributed by atoms with Crippen molar-refractivity contribution in [2.45, 2.75) is 25.8 Å². The molecule has 2 atom stereocenters. The first-order valence-electron chi connectivity index (χ1n) is 6.87. The van der Waals surface area contributed by atoms with Gasteiger partial charge in [0.25, 0.3) is 0 Å². The van der Waals surface area contributed by atoms with Crippen LogP contribution in [0.25, 0.3) is 0 Å². The van der Waals surface area contributed by atoms with Crippen LogP contribution in [0.3, 0.4) is 0 Å². The third-order valence-electron chi connectivity index (χ3n) is 3.65. The first-order valence-corrected chi connectivity index (χ1v) is 7.81. The lowest BCUT2D eigenvalue weighted by atomic mass is 10.0. The summed E-state index contributed by atoms with van der Waals surface area (Å²) in [6.07, 6.45) is 0. The first-order chi connectivity index (χ1) is 10.2. The van der Waals surface area contributed by atoms with Gasteiger partial charge in [-0.05, 0) is 29.3 Å². The average Bonchev–Trinajstić information content (AvgIpc) is 3.17. The van der Waals surface area contributed by atoms with Gasteiger partial charge in [0.1, 0.15) is 6.04 Å². The van der Waals surface area contributed by atoms with E-state index < -0.39 is 0 Å². The van der Waals surface area contributed by atoms with Crippen molar-refractivity contribution in [1.82, 2.24) is 15.1 Å². The van der Waals surface area contributed by atoms with Crippen molar-refractivity contribution in [3.05, 3.63) is 34.2 Å². The Kier molecular flexibility index (Phi) is 4.03. The van der Waals surface area contributed by atoms with Crippen LogP contribution in [0.4, 0.5) is 0 Å². The number of nitrogens with zero attached hydrogens (tertiary/aromatic N) is 3. The van der Waals surface area contributed by atoms with Crippen LogP contribution in [0.1, 0.15) is 36.2 Å². The summed E-state index contributed by atoms with van der Waals surface area (Å²) >= 11 is 1.60. The van der Waals surface area contributed by atoms with E-state index in [1.165, 1.54) is 0 Å². The Morgan fingerprint density at radius 1 is 1.52 bits per heavy atom. The van der Waals surface area contributed by atoms with E-state index in [1.54, 1.807) is 23.2 Å². The van der Waals surface area contributed by atoms with Crippen LogP contribution in [0.2, 0.25) is 0 Å². The van der Waals surface area contributed by atoms with Gasteiger partial charge in [-0.2, -0.15) is 11.3 Å². The Morgan fingerprint density at radius 2 is 2.38 bits per heavy atom. The minimum Gasteiger partial charge on any atom is -0.423 e. The van der Waals surface area contributed by atoms with Crippen LogP contribution >= 0.6 is 11.3 Å². The third-order valence-corrected chi connectivity index (χ3v) is 4.35. The van der Waals surface area contributed by atoms with Gasteiger partial charge in [-0.25, -0.2) is 0 Å². The van der Waals surface area contributed by atoms with Crippen molar-refractivity contribution >= 4 is 17.2 Å². The van der Waals surface area contributed by atoms with Crippen molar-refractivity contribution in [2.75, 3.05) is 19.8 Å². The average molecular weight is 307 g/mol. The molecule has 6 nitrogen and oxygen atoms in total. The molecule has 0 N–H and O–H groups in total. The quantitative estimate of drug-likeness (QED) is 0.869. The molecule has 0 radical (unpaired) electrons. The number of carbonyl (C=O) groups excluding carboxylic acids is 1. The molecule has 2 unspecified atom stereocenters. The van der Waals surface area contributed by atoms with Gasteiger partial charge < -0.3 is 14.1 Å². The van der Waals surface area contributed by atoms with Crippen LogP contribution in [0.15, 0.2) is 21.2 Å². The summed E-state index contributed by atoms with van der Waals surface area (Å²) in [6.45, 7) is 5.13. The van der Waals surface area contributed by atoms with Crippen LogP contribution in [-0.2, 0) is 9.53 Å². The number of ether oxygens (including phenoxy) is 1. The summed E-state index contributed by atoms with van der Waals surface area (Å²) < 4.78 is 11.0. The fourth-order valence-electron chi connectivity index (χ4n) is 2.43. The molecule has 2 aromatic rings. The maximum absolute atomic E-state index is 12.8. The van der Waals surface area contributed by atoms with Crippen LogP contribution in [0, 0.1) is 6.92 Å². The highest BCUT2D eigenvalue weighted by Gasteiger charge is 2.34. The number of rotatable bonds is 3. The number of hydrogen-bond donors (Lipinski definition) is 0. The Hall–Kier alpha value is -1.73. The Bertz CT molecular complexity index is 611. The Morgan fingerprint density at radius 3 is 3.05 bits per heavy atom. The van der Waals surface area contributed by atoms with Gasteiger partial charge >= 0.3 is 0 Å². The molecule has 1 saturated heterocycles. The van der Waals surface area contributed by atoms with E-state index in [9.17, 15) is 4.79 Å². The van der Waals surface area contributed by atoms with Gasteiger partial charge in [-0.1, -0.05) is 0 Å². The zero-order valence-electron chi connectivity index (χ0n) is 12.0. The predicted molar refractivity (Wildman–Crippen MR) is 77.0 cm³/mol. The summed E-state index contributed by atoms with van der Waals surface area (Å²) in [4.78, 5) is 14.6. The Balaban J connectivity index is 1.82. The summed E-state index contributed by atoms with van der Waals surface area (Å²) in [5, 5.41) is 11.9. The molecular formula is C14H17N3O3S. The second-order valence-corrected chi connectivity index (χ2v) is 5.84. The molecule has 2 aromatic heterocycles. The molecular weight excluding hydrogens is 290 g/mol. The second kappa shape index (κ2) is 5.95. The molecule has 3 rings (SSSR count). The molecule has 0 spiro atoms. The molecule has 1 amide bonds. The molecule has 0 aliphatic carbocycles. The van der Waals surface area contributed by atoms with Gasteiger partial charge in [-0.15, -0.1) is 10.2 Å². The molecule has 112 valence electrons. The van der Waals surface area contributed by atoms with E-state index in [1.807, 2.05) is 23.8 Å². The van der Waals surface area contributed by atoms with E-state index >= 15 is 0 Å². The highest BCUT2D eigenvalue weighted by Crippen LogP contribution is 2.28. The maximum atomic E-state index is 12.8. The summed E-state index contributed by atoms with van der Waals surface area (Å²) in [5.41, 5.74) is 1.04. The fourth-order valence-corrected chi connectivity index (χ4v) is 3.19. The lowest BCUT2D eigenvalue weighted by molar-refractivity contribution is -0.142. The lowest BCUT2D eigenvalue weighted by Crippen LogP contribution is -2.45. The molecule has 7 heteroatoms. The number of hydrogen-bond acceptors (Lipinski definition) is 6. The van der Waals surface area contributed by atoms with E-state index in [2.05, 4.69) is 10.2 Å². The zero-order chi connectivity index (χ0) is 14.8. The topological polar surface area (TPSA) is 68.5 Å². The van der Waals surface area contributed by atoms with E-state index in [4.69, 9.17) is 9.15 Å². The molecule has 1 fully saturated rings. The number of morpholine rings is 1. The number of aryl methyl sites for hydroxylation is 1. The molecule has 0 saturated carbocycles. The first kappa shape index (κ1) is 14.2. The standard InChI is InChI=1S/C14H17N3O3S/c1-9(11-3-6-21-8-11)14(18)17-4-5-19-7-12(17)13-16-15-10(2)20-13/h3,6,8-9,12H,4-5,7H2,1-2H3. The van der Waals surface area contributed by atoms with Gasteiger partial charge in [0.15, 0.2) is 0 Å². The number of carbonyl (C=O) groups is 1. The molecule has 21 heavy (non-hydrogen) atoms. The van der Waals surface area contributed by atoms with Crippen LogP contribution in [0.5, 0.6) is 0 Å². The number of aromatic nitrogens is 2. The minimum atomic E-state index is -0.298. The summed E-state index contributed by atoms with van der Waals surface area (Å²) in [7, 11) is 0. The van der Waals surface area contributed by atoms with Gasteiger partial charge in [0.2, 0.25) is 17.7 Å². The normalized spacial score (nSPS) is 20.5. The maximum Gasteiger partial charge on any atom is 0.241 e. The molecule has 0 aromatic carbocycles. The van der Waals surface area contributed by atoms with Crippen LogP contribution in [-0.4, -0.2) is 40.8 Å². The second-order valence-electron chi connectivity index (χ2n) is 5.06. The van der Waals surface area contributed by atoms with Crippen molar-refractivity contribution in [3.8, 4) is 0 Å². The SMILES string of the molecule is Cc1nnc(C2COCCN2C(=O)C(C)c2ccsc2)o1. The van der Waals surface area contributed by atoms with Gasteiger partial charge in [0.05, 0.1) is 19.1 Å². The molecule has 1 aliphatic rings. The number of thiophene rings is 1. The van der Waals surface area contributed by atoms with Gasteiger partial charge in [-0.3, -0.25) is 4.79 Å². The Labute approximate surface area is 126 Å². The number of amides is 1. The lowest BCUT2D eigenvalue weighted by Gasteiger charge is -2.35. The van der Waals surface area contributed by atoms with Crippen molar-refractivity contribution in [3.63, 3.8) is 0 Å². The van der Waals surface area contributed by atoms with E-state index in [-0.39, 0.29) is 17.9 Å². The minimum absolute atomic E-state index is 0.0672. The predicted octanol–water partition coefficient (Wildman–Crippen LogP) is 2.14. The molecule has 1 aliphatic heterocycles. The summed E-state index contributed by atoms with van der Waals surface area (Å²) in [5.74, 6) is 0.824. The highest BCUT2D eigenvalue weighted by molar-refractivity contribution is 7.08. The highest BCUT2D eigenvalue weighted by atomic mass is 32.1. The largest absolute Gasteiger partial charge is 0.423 e. The monoisotopic (exact) mass is 307 g/mol. The smallest absolute Gasteiger partial charge is 0.241 e. The van der Waals surface area contributed by atoms with Crippen molar-refractivity contribution < 1.29 is 13.9 Å². The third kappa shape index (κ3) is 2.84. The van der Waals surface area contributed by atoms with E-state index in [0.29, 0.717) is 31.5 Å². The van der Waals surface area contributed by atoms with Crippen molar-refractivity contribution in [1.29, 1.82) is 0 Å². The molecule has 3 heterocycles. The van der Waals surface area contributed by atoms with Crippen LogP contribution < -0.4 is 0 Å². The zero-order valence-corrected chi connectivity index (χ0v) is 12.8. The van der Waals surface area contributed by atoms with E-state index in [0.717, 1.165) is 5.56 Å².